The molecule has 0 spiro atoms. The minimum absolute atomic E-state index is 0.246. The molecule has 0 amide bonds. The molecule has 10 heterocycles. The Labute approximate surface area is 644 Å². The fourth-order valence-corrected chi connectivity index (χ4v) is 12.3. The summed E-state index contributed by atoms with van der Waals surface area (Å²) in [5.41, 5.74) is 9.36. The Bertz CT molecular complexity index is 6150. The van der Waals surface area contributed by atoms with Crippen molar-refractivity contribution >= 4 is 92.2 Å². The highest BCUT2D eigenvalue weighted by molar-refractivity contribution is 5.96. The monoisotopic (exact) mass is 1540 g/mol. The molecule has 114 heavy (non-hydrogen) atoms. The number of nitrogens with one attached hydrogen (secondary N) is 10. The highest BCUT2D eigenvalue weighted by Crippen LogP contribution is 2.34. The second kappa shape index (κ2) is 34.0. The molecule has 2 aliphatic heterocycles. The molecule has 10 N–H and O–H groups in total. The number of H-pyrrole nitrogens is 8. The van der Waals surface area contributed by atoms with E-state index in [2.05, 4.69) is 117 Å². The Morgan fingerprint density at radius 3 is 1.08 bits per heavy atom. The molecule has 0 radical (unpaired) electrons. The summed E-state index contributed by atoms with van der Waals surface area (Å²) in [6.07, 6.45) is 15.9. The van der Waals surface area contributed by atoms with Crippen LogP contribution >= 0.6 is 0 Å². The van der Waals surface area contributed by atoms with Crippen molar-refractivity contribution in [3.05, 3.63) is 260 Å². The lowest BCUT2D eigenvalue weighted by atomic mass is 10.0. The standard InChI is InChI=1S/2C21H20F2N6.2C20H16F2N6/c1-29(2)10-9-19-24-21(28-26-19)14-11-16-18(25-27-20(16)17(23)12-14)8-5-13-3-6-15(22)7-4-13;1-29(2)10-9-20-24-21(28-27-20)15-11-16-18(25-26-19(16)12-17(15)23)8-5-13-3-6-14(22)7-4-13;21-13-4-1-11(2-5-13)3-6-17-15-7-14(16(22)8-18(15)26-25-17)20-24-19(27-28-20)12-9-23-10-12;21-14-4-1-11(2-5-14)3-6-17-15-7-12(8-16(22)18(15)26-25-17)19-24-20(28-27-19)13-9-23-10-13/h3-8,11-12H,9-10H2,1-2H3,(H,25,27)(H,24,26,28);3-8,11-12H,9-10H2,1-2H3,(H,25,26)(H,24,27,28);1-8,12,23H,9-10H2,(H,25,26)(H,24,27,28);1-8,13,23H,9-10H2,(H,25,26)(H,24,27,28)/b2*8-5+;2*6-3+. The van der Waals surface area contributed by atoms with E-state index in [0.717, 1.165) is 96.2 Å². The van der Waals surface area contributed by atoms with E-state index in [-0.39, 0.29) is 40.2 Å². The van der Waals surface area contributed by atoms with Crippen LogP contribution in [0.25, 0.3) is 138 Å². The normalized spacial score (nSPS) is 13.3. The fraction of sp³-hybridized carbons (Fsp3) is 0.171. The summed E-state index contributed by atoms with van der Waals surface area (Å²) in [7, 11) is 7.93. The first-order chi connectivity index (χ1) is 55.3. The van der Waals surface area contributed by atoms with E-state index in [4.69, 9.17) is 0 Å². The van der Waals surface area contributed by atoms with Gasteiger partial charge in [-0.2, -0.15) is 40.8 Å². The van der Waals surface area contributed by atoms with Crippen molar-refractivity contribution in [2.45, 2.75) is 24.7 Å². The van der Waals surface area contributed by atoms with Gasteiger partial charge in [-0.15, -0.1) is 0 Å². The number of benzene rings is 8. The van der Waals surface area contributed by atoms with Crippen molar-refractivity contribution in [1.29, 1.82) is 0 Å². The van der Waals surface area contributed by atoms with Gasteiger partial charge in [-0.05, 0) is 160 Å². The maximum absolute atomic E-state index is 14.6. The maximum atomic E-state index is 14.6. The van der Waals surface area contributed by atoms with Crippen LogP contribution in [0.3, 0.4) is 0 Å². The second-order valence-corrected chi connectivity index (χ2v) is 27.6. The predicted octanol–water partition coefficient (Wildman–Crippen LogP) is 14.8. The number of aromatic amines is 8. The third-order valence-electron chi connectivity index (χ3n) is 18.9. The molecule has 2 saturated heterocycles. The quantitative estimate of drug-likeness (QED) is 0.0317. The summed E-state index contributed by atoms with van der Waals surface area (Å²) in [4.78, 5) is 22.0. The Morgan fingerprint density at radius 2 is 0.684 bits per heavy atom. The second-order valence-electron chi connectivity index (χ2n) is 27.6. The van der Waals surface area contributed by atoms with Crippen LogP contribution in [-0.4, -0.2) is 179 Å². The Morgan fingerprint density at radius 1 is 0.333 bits per heavy atom. The summed E-state index contributed by atoms with van der Waals surface area (Å²) in [6.45, 7) is 5.06. The van der Waals surface area contributed by atoms with Crippen molar-refractivity contribution < 1.29 is 35.1 Å². The van der Waals surface area contributed by atoms with Gasteiger partial charge in [0.1, 0.15) is 69.2 Å². The van der Waals surface area contributed by atoms with Crippen LogP contribution < -0.4 is 10.6 Å². The maximum Gasteiger partial charge on any atom is 0.184 e. The molecule has 18 rings (SSSR count). The lowest BCUT2D eigenvalue weighted by molar-refractivity contribution is 0.410. The zero-order chi connectivity index (χ0) is 78.9. The molecule has 0 aliphatic carbocycles. The summed E-state index contributed by atoms with van der Waals surface area (Å²) < 4.78 is 111. The Balaban J connectivity index is 0.000000120. The average molecular weight is 1550 g/mol. The molecule has 16 aromatic rings. The third-order valence-corrected chi connectivity index (χ3v) is 18.9. The molecule has 2 fully saturated rings. The Kier molecular flexibility index (Phi) is 22.6. The van der Waals surface area contributed by atoms with E-state index in [9.17, 15) is 35.1 Å². The molecule has 2 aliphatic rings. The first-order valence-corrected chi connectivity index (χ1v) is 36.2. The lowest BCUT2D eigenvalue weighted by Crippen LogP contribution is -2.40. The van der Waals surface area contributed by atoms with Gasteiger partial charge in [0.25, 0.3) is 0 Å². The topological polar surface area (TPSA) is 312 Å². The van der Waals surface area contributed by atoms with Crippen LogP contribution in [0, 0.1) is 46.5 Å². The van der Waals surface area contributed by atoms with Gasteiger partial charge in [0.2, 0.25) is 0 Å². The van der Waals surface area contributed by atoms with Crippen LogP contribution in [0.4, 0.5) is 35.1 Å². The van der Waals surface area contributed by atoms with Gasteiger partial charge in [-0.1, -0.05) is 72.8 Å². The van der Waals surface area contributed by atoms with E-state index in [0.29, 0.717) is 108 Å². The smallest absolute Gasteiger partial charge is 0.184 e. The minimum Gasteiger partial charge on any atom is -0.315 e. The SMILES string of the molecule is CN(C)CCc1nc(-c2cc(F)c3n[nH]c(/C=C/c4ccc(F)cc4)c3c2)n[nH]1.CN(C)CCc1nc(-c2cc3c(/C=C/c4ccc(F)cc4)n[nH]c3cc2F)n[nH]1.Fc1ccc(/C=C/c2[nH]nc3c(F)cc(-c4n[nH]c(C5CNC5)n4)cc23)cc1.Fc1ccc(/C=C/c2n[nH]c3cc(F)c(-c4n[nH]c(C5CNC5)n4)cc23)cc1. The van der Waals surface area contributed by atoms with Gasteiger partial charge in [0.15, 0.2) is 34.9 Å². The number of hydrogen-bond donors (Lipinski definition) is 10. The molecular weight excluding hydrogens is 1470 g/mol. The molecular formula is C82H72F8N24. The molecule has 8 aromatic heterocycles. The van der Waals surface area contributed by atoms with Crippen molar-refractivity contribution in [3.63, 3.8) is 0 Å². The van der Waals surface area contributed by atoms with E-state index in [1.165, 1.54) is 72.8 Å². The van der Waals surface area contributed by atoms with Crippen LogP contribution in [0.15, 0.2) is 146 Å². The predicted molar refractivity (Wildman–Crippen MR) is 423 cm³/mol. The van der Waals surface area contributed by atoms with Crippen LogP contribution in [0.5, 0.6) is 0 Å². The van der Waals surface area contributed by atoms with E-state index in [1.54, 1.807) is 85.0 Å². The Hall–Kier alpha value is -13.6. The number of halogens is 8. The fourth-order valence-electron chi connectivity index (χ4n) is 12.3. The van der Waals surface area contributed by atoms with Crippen LogP contribution in [0.2, 0.25) is 0 Å². The van der Waals surface area contributed by atoms with Crippen LogP contribution in [-0.2, 0) is 12.8 Å². The molecule has 0 atom stereocenters. The number of aromatic nitrogens is 20. The molecule has 24 nitrogen and oxygen atoms in total. The van der Waals surface area contributed by atoms with Gasteiger partial charge in [0, 0.05) is 109 Å². The molecule has 576 valence electrons. The van der Waals surface area contributed by atoms with Crippen molar-refractivity contribution in [1.82, 2.24) is 122 Å². The molecule has 0 bridgehead atoms. The average Bonchev–Trinajstić information content (AvgIpc) is 1.65. The summed E-state index contributed by atoms with van der Waals surface area (Å²) in [6, 6.07) is 37.1. The summed E-state index contributed by atoms with van der Waals surface area (Å²) in [5, 5.41) is 65.6. The largest absolute Gasteiger partial charge is 0.315 e. The van der Waals surface area contributed by atoms with Gasteiger partial charge >= 0.3 is 0 Å². The summed E-state index contributed by atoms with van der Waals surface area (Å²) >= 11 is 0. The van der Waals surface area contributed by atoms with Gasteiger partial charge in [0.05, 0.1) is 44.9 Å². The first-order valence-electron chi connectivity index (χ1n) is 36.2. The first kappa shape index (κ1) is 75.8. The van der Waals surface area contributed by atoms with Crippen molar-refractivity contribution in [2.24, 2.45) is 0 Å². The highest BCUT2D eigenvalue weighted by atomic mass is 19.2. The van der Waals surface area contributed by atoms with E-state index < -0.39 is 23.3 Å². The minimum atomic E-state index is -0.449. The van der Waals surface area contributed by atoms with Crippen molar-refractivity contribution in [2.75, 3.05) is 67.5 Å². The van der Waals surface area contributed by atoms with E-state index in [1.807, 2.05) is 69.5 Å². The van der Waals surface area contributed by atoms with Gasteiger partial charge < -0.3 is 20.4 Å². The molecule has 32 heteroatoms. The molecule has 8 aromatic carbocycles. The molecule has 0 unspecified atom stereocenters. The van der Waals surface area contributed by atoms with Crippen LogP contribution in [0.1, 0.15) is 80.2 Å². The zero-order valence-electron chi connectivity index (χ0n) is 61.6. The molecule has 0 saturated carbocycles. The van der Waals surface area contributed by atoms with Gasteiger partial charge in [-0.25, -0.2) is 55.1 Å². The van der Waals surface area contributed by atoms with E-state index >= 15 is 0 Å². The zero-order valence-corrected chi connectivity index (χ0v) is 61.6. The lowest BCUT2D eigenvalue weighted by Gasteiger charge is -2.24. The number of nitrogens with zero attached hydrogens (tertiary/aromatic N) is 14. The summed E-state index contributed by atoms with van der Waals surface area (Å²) in [5.74, 6) is 2.27. The van der Waals surface area contributed by atoms with Gasteiger partial charge in [-0.3, -0.25) is 40.8 Å². The number of likely N-dealkylation sites (N-methyl/N-ethyl adjacent to an activating group) is 2. The third kappa shape index (κ3) is 17.9. The number of fused-ring (bicyclic) bond motifs is 4. The highest BCUT2D eigenvalue weighted by Gasteiger charge is 2.26. The number of hydrogen-bond acceptors (Lipinski definition) is 16. The number of rotatable bonds is 20. The van der Waals surface area contributed by atoms with Crippen molar-refractivity contribution in [3.8, 4) is 45.6 Å².